The van der Waals surface area contributed by atoms with Crippen molar-refractivity contribution in [2.75, 3.05) is 13.6 Å². The largest absolute Gasteiger partial charge is 0.316 e. The summed E-state index contributed by atoms with van der Waals surface area (Å²) in [5, 5.41) is 3.22. The summed E-state index contributed by atoms with van der Waals surface area (Å²) in [6.07, 6.45) is 0. The van der Waals surface area contributed by atoms with Crippen molar-refractivity contribution in [1.29, 1.82) is 0 Å². The van der Waals surface area contributed by atoms with E-state index in [4.69, 9.17) is 11.6 Å². The Morgan fingerprint density at radius 2 is 1.89 bits per heavy atom. The second-order valence-electron chi connectivity index (χ2n) is 4.89. The average Bonchev–Trinajstić information content (AvgIpc) is 2.36. The molecular formula is C13H21ClN2O2S. The molecule has 1 rings (SSSR count). The van der Waals surface area contributed by atoms with Gasteiger partial charge >= 0.3 is 0 Å². The molecule has 1 unspecified atom stereocenters. The van der Waals surface area contributed by atoms with Gasteiger partial charge in [0.15, 0.2) is 0 Å². The highest BCUT2D eigenvalue weighted by molar-refractivity contribution is 7.89. The second kappa shape index (κ2) is 6.70. The number of benzene rings is 1. The standard InChI is InChI=1S/C13H21ClN2O2S/c1-9(2)11-5-6-12(14)13(7-11)19(17,18)16-8-10(3)15-4/h5-7,9-10,15-16H,8H2,1-4H3. The molecule has 0 radical (unpaired) electrons. The van der Waals surface area contributed by atoms with Crippen LogP contribution in [-0.2, 0) is 10.0 Å². The van der Waals surface area contributed by atoms with Gasteiger partial charge < -0.3 is 5.32 Å². The van der Waals surface area contributed by atoms with Crippen LogP contribution in [0.1, 0.15) is 32.3 Å². The lowest BCUT2D eigenvalue weighted by Gasteiger charge is -2.14. The fourth-order valence-electron chi connectivity index (χ4n) is 1.50. The van der Waals surface area contributed by atoms with Gasteiger partial charge in [0.1, 0.15) is 4.90 Å². The molecule has 6 heteroatoms. The van der Waals surface area contributed by atoms with Crippen LogP contribution < -0.4 is 10.0 Å². The van der Waals surface area contributed by atoms with Crippen molar-refractivity contribution in [2.24, 2.45) is 0 Å². The van der Waals surface area contributed by atoms with Gasteiger partial charge in [-0.15, -0.1) is 0 Å². The Morgan fingerprint density at radius 1 is 1.26 bits per heavy atom. The average molecular weight is 305 g/mol. The van der Waals surface area contributed by atoms with E-state index in [-0.39, 0.29) is 21.9 Å². The molecule has 0 saturated carbocycles. The Labute approximate surface area is 120 Å². The van der Waals surface area contributed by atoms with Crippen molar-refractivity contribution in [3.63, 3.8) is 0 Å². The molecule has 0 aliphatic heterocycles. The van der Waals surface area contributed by atoms with E-state index in [9.17, 15) is 8.42 Å². The normalized spacial score (nSPS) is 13.8. The van der Waals surface area contributed by atoms with Gasteiger partial charge in [-0.1, -0.05) is 31.5 Å². The molecule has 0 aromatic heterocycles. The van der Waals surface area contributed by atoms with Crippen molar-refractivity contribution in [1.82, 2.24) is 10.0 Å². The third-order valence-corrected chi connectivity index (χ3v) is 4.89. The number of sulfonamides is 1. The van der Waals surface area contributed by atoms with Gasteiger partial charge in [-0.3, -0.25) is 0 Å². The summed E-state index contributed by atoms with van der Waals surface area (Å²) in [4.78, 5) is 0.142. The number of likely N-dealkylation sites (N-methyl/N-ethyl adjacent to an activating group) is 1. The van der Waals surface area contributed by atoms with Crippen LogP contribution in [0.4, 0.5) is 0 Å². The lowest BCUT2D eigenvalue weighted by atomic mass is 10.0. The van der Waals surface area contributed by atoms with Crippen LogP contribution in [-0.4, -0.2) is 28.1 Å². The fraction of sp³-hybridized carbons (Fsp3) is 0.538. The maximum absolute atomic E-state index is 12.2. The summed E-state index contributed by atoms with van der Waals surface area (Å²) in [5.41, 5.74) is 0.950. The Bertz CT molecular complexity index is 529. The van der Waals surface area contributed by atoms with E-state index in [1.165, 1.54) is 0 Å². The minimum atomic E-state index is -3.57. The first-order valence-corrected chi connectivity index (χ1v) is 8.10. The minimum absolute atomic E-state index is 0.0573. The Kier molecular flexibility index (Phi) is 5.80. The molecule has 0 bridgehead atoms. The zero-order chi connectivity index (χ0) is 14.6. The highest BCUT2D eigenvalue weighted by Gasteiger charge is 2.19. The Balaban J connectivity index is 3.03. The van der Waals surface area contributed by atoms with Gasteiger partial charge in [0.25, 0.3) is 0 Å². The molecule has 1 aromatic rings. The van der Waals surface area contributed by atoms with Crippen molar-refractivity contribution in [3.8, 4) is 0 Å². The van der Waals surface area contributed by atoms with Crippen LogP contribution in [0, 0.1) is 0 Å². The predicted molar refractivity (Wildman–Crippen MR) is 79.3 cm³/mol. The van der Waals surface area contributed by atoms with Crippen LogP contribution in [0.15, 0.2) is 23.1 Å². The molecule has 0 fully saturated rings. The van der Waals surface area contributed by atoms with Gasteiger partial charge in [-0.25, -0.2) is 13.1 Å². The lowest BCUT2D eigenvalue weighted by molar-refractivity contribution is 0.554. The molecule has 108 valence electrons. The highest BCUT2D eigenvalue weighted by atomic mass is 35.5. The van der Waals surface area contributed by atoms with E-state index < -0.39 is 10.0 Å². The first kappa shape index (κ1) is 16.4. The van der Waals surface area contributed by atoms with Crippen molar-refractivity contribution in [2.45, 2.75) is 37.6 Å². The zero-order valence-electron chi connectivity index (χ0n) is 11.7. The fourth-order valence-corrected chi connectivity index (χ4v) is 3.16. The summed E-state index contributed by atoms with van der Waals surface area (Å²) < 4.78 is 27.0. The lowest BCUT2D eigenvalue weighted by Crippen LogP contribution is -2.37. The second-order valence-corrected chi connectivity index (χ2v) is 7.03. The Hall–Kier alpha value is -0.620. The molecule has 0 saturated heterocycles. The molecule has 4 nitrogen and oxygen atoms in total. The first-order chi connectivity index (χ1) is 8.77. The molecule has 0 spiro atoms. The van der Waals surface area contributed by atoms with Crippen LogP contribution in [0.5, 0.6) is 0 Å². The maximum Gasteiger partial charge on any atom is 0.242 e. The molecule has 0 amide bonds. The Morgan fingerprint density at radius 3 is 2.42 bits per heavy atom. The summed E-state index contributed by atoms with van der Waals surface area (Å²) in [6.45, 7) is 6.24. The number of halogens is 1. The van der Waals surface area contributed by atoms with Crippen LogP contribution in [0.3, 0.4) is 0 Å². The van der Waals surface area contributed by atoms with E-state index >= 15 is 0 Å². The van der Waals surface area contributed by atoms with Crippen LogP contribution >= 0.6 is 11.6 Å². The smallest absolute Gasteiger partial charge is 0.242 e. The zero-order valence-corrected chi connectivity index (χ0v) is 13.3. The number of hydrogen-bond acceptors (Lipinski definition) is 3. The molecule has 2 N–H and O–H groups in total. The SMILES string of the molecule is CNC(C)CNS(=O)(=O)c1cc(C(C)C)ccc1Cl. The summed E-state index contributed by atoms with van der Waals surface area (Å²) in [6, 6.07) is 5.18. The third-order valence-electron chi connectivity index (χ3n) is 2.98. The van der Waals surface area contributed by atoms with E-state index in [0.717, 1.165) is 5.56 Å². The van der Waals surface area contributed by atoms with E-state index in [2.05, 4.69) is 10.0 Å². The van der Waals surface area contributed by atoms with Gasteiger partial charge in [0.05, 0.1) is 5.02 Å². The molecule has 1 aromatic carbocycles. The van der Waals surface area contributed by atoms with Crippen LogP contribution in [0.2, 0.25) is 5.02 Å². The molecule has 19 heavy (non-hydrogen) atoms. The van der Waals surface area contributed by atoms with Crippen molar-refractivity contribution >= 4 is 21.6 Å². The summed E-state index contributed by atoms with van der Waals surface area (Å²) in [5.74, 6) is 0.252. The van der Waals surface area contributed by atoms with Gasteiger partial charge in [0, 0.05) is 12.6 Å². The van der Waals surface area contributed by atoms with E-state index in [1.807, 2.05) is 26.8 Å². The van der Waals surface area contributed by atoms with Gasteiger partial charge in [-0.2, -0.15) is 0 Å². The molecule has 1 atom stereocenters. The number of hydrogen-bond donors (Lipinski definition) is 2. The third kappa shape index (κ3) is 4.45. The summed E-state index contributed by atoms with van der Waals surface area (Å²) in [7, 11) is -1.79. The van der Waals surface area contributed by atoms with Gasteiger partial charge in [-0.05, 0) is 37.6 Å². The van der Waals surface area contributed by atoms with Crippen molar-refractivity contribution < 1.29 is 8.42 Å². The first-order valence-electron chi connectivity index (χ1n) is 6.24. The predicted octanol–water partition coefficient (Wildman–Crippen LogP) is 2.35. The minimum Gasteiger partial charge on any atom is -0.316 e. The maximum atomic E-state index is 12.2. The molecule has 0 aliphatic carbocycles. The highest BCUT2D eigenvalue weighted by Crippen LogP contribution is 2.25. The topological polar surface area (TPSA) is 58.2 Å². The van der Waals surface area contributed by atoms with Crippen LogP contribution in [0.25, 0.3) is 0 Å². The quantitative estimate of drug-likeness (QED) is 0.848. The molecular weight excluding hydrogens is 284 g/mol. The monoisotopic (exact) mass is 304 g/mol. The van der Waals surface area contributed by atoms with E-state index in [1.54, 1.807) is 19.2 Å². The van der Waals surface area contributed by atoms with Gasteiger partial charge in [0.2, 0.25) is 10.0 Å². The van der Waals surface area contributed by atoms with E-state index in [0.29, 0.717) is 6.54 Å². The number of nitrogens with one attached hydrogen (secondary N) is 2. The number of rotatable bonds is 6. The van der Waals surface area contributed by atoms with Crippen molar-refractivity contribution in [3.05, 3.63) is 28.8 Å². The molecule has 0 heterocycles. The summed E-state index contributed by atoms with van der Waals surface area (Å²) >= 11 is 6.00. The molecule has 0 aliphatic rings.